The number of hydrogen-bond acceptors (Lipinski definition) is 6. The fraction of sp³-hybridized carbons (Fsp3) is 0.389. The van der Waals surface area contributed by atoms with Gasteiger partial charge in [-0.3, -0.25) is 4.90 Å². The number of aryl methyl sites for hydroxylation is 1. The Labute approximate surface area is 151 Å². The minimum Gasteiger partial charge on any atom is -0.465 e. The molecule has 1 aromatic heterocycles. The van der Waals surface area contributed by atoms with Crippen molar-refractivity contribution >= 4 is 17.7 Å². The van der Waals surface area contributed by atoms with E-state index >= 15 is 0 Å². The molecule has 1 aliphatic heterocycles. The topological polar surface area (TPSA) is 87.9 Å². The van der Waals surface area contributed by atoms with Gasteiger partial charge in [0.2, 0.25) is 0 Å². The fourth-order valence-corrected chi connectivity index (χ4v) is 2.90. The Bertz CT molecular complexity index is 781. The number of nitrogens with one attached hydrogen (secondary N) is 1. The Kier molecular flexibility index (Phi) is 5.52. The molecule has 0 saturated carbocycles. The van der Waals surface area contributed by atoms with Gasteiger partial charge >= 0.3 is 12.0 Å². The lowest BCUT2D eigenvalue weighted by Gasteiger charge is -2.34. The average Bonchev–Trinajstić information content (AvgIpc) is 3.07. The molecular formula is C18H22N4O4. The van der Waals surface area contributed by atoms with Crippen LogP contribution >= 0.6 is 0 Å². The van der Waals surface area contributed by atoms with Crippen LogP contribution in [0.1, 0.15) is 21.8 Å². The first-order valence-electron chi connectivity index (χ1n) is 8.44. The zero-order chi connectivity index (χ0) is 18.5. The van der Waals surface area contributed by atoms with Crippen LogP contribution in [0.15, 0.2) is 34.9 Å². The Morgan fingerprint density at radius 1 is 1.23 bits per heavy atom. The molecule has 3 rings (SSSR count). The third kappa shape index (κ3) is 4.20. The summed E-state index contributed by atoms with van der Waals surface area (Å²) in [6, 6.07) is 8.50. The van der Waals surface area contributed by atoms with E-state index in [9.17, 15) is 9.59 Å². The van der Waals surface area contributed by atoms with E-state index in [1.807, 2.05) is 13.0 Å². The number of methoxy groups -OCH3 is 1. The minimum absolute atomic E-state index is 0.224. The van der Waals surface area contributed by atoms with Crippen molar-refractivity contribution in [1.82, 2.24) is 15.0 Å². The summed E-state index contributed by atoms with van der Waals surface area (Å²) in [6.07, 6.45) is 0. The fourth-order valence-electron chi connectivity index (χ4n) is 2.90. The first kappa shape index (κ1) is 17.9. The maximum absolute atomic E-state index is 12.5. The Hall–Kier alpha value is -2.87. The van der Waals surface area contributed by atoms with E-state index in [1.54, 1.807) is 29.2 Å². The summed E-state index contributed by atoms with van der Waals surface area (Å²) in [5.74, 6) is 0.316. The van der Waals surface area contributed by atoms with Crippen LogP contribution in [0.5, 0.6) is 0 Å². The SMILES string of the molecule is COC(=O)c1ccccc1NC(=O)N1CCN(Cc2cc(C)on2)CC1. The smallest absolute Gasteiger partial charge is 0.339 e. The van der Waals surface area contributed by atoms with Gasteiger partial charge in [-0.25, -0.2) is 9.59 Å². The standard InChI is InChI=1S/C18H22N4O4/c1-13-11-14(20-26-13)12-21-7-9-22(10-8-21)18(24)19-16-6-4-3-5-15(16)17(23)25-2/h3-6,11H,7-10,12H2,1-2H3,(H,19,24). The van der Waals surface area contributed by atoms with Crippen LogP contribution < -0.4 is 5.32 Å². The van der Waals surface area contributed by atoms with Crippen molar-refractivity contribution < 1.29 is 18.8 Å². The van der Waals surface area contributed by atoms with Crippen molar-refractivity contribution in [2.75, 3.05) is 38.6 Å². The van der Waals surface area contributed by atoms with E-state index in [-0.39, 0.29) is 6.03 Å². The number of carbonyl (C=O) groups is 2. The number of benzene rings is 1. The number of amides is 2. The highest BCUT2D eigenvalue weighted by Gasteiger charge is 2.23. The van der Waals surface area contributed by atoms with Crippen LogP contribution in [-0.2, 0) is 11.3 Å². The number of ether oxygens (including phenoxy) is 1. The number of piperazine rings is 1. The summed E-state index contributed by atoms with van der Waals surface area (Å²) >= 11 is 0. The highest BCUT2D eigenvalue weighted by Crippen LogP contribution is 2.17. The zero-order valence-electron chi connectivity index (χ0n) is 14.9. The normalized spacial score (nSPS) is 14.9. The summed E-state index contributed by atoms with van der Waals surface area (Å²) in [4.78, 5) is 28.3. The molecule has 0 bridgehead atoms. The van der Waals surface area contributed by atoms with Crippen LogP contribution in [0.3, 0.4) is 0 Å². The molecular weight excluding hydrogens is 336 g/mol. The molecule has 1 fully saturated rings. The van der Waals surface area contributed by atoms with Gasteiger partial charge in [0.1, 0.15) is 5.76 Å². The van der Waals surface area contributed by atoms with E-state index in [0.717, 1.165) is 24.5 Å². The quantitative estimate of drug-likeness (QED) is 0.843. The molecule has 2 heterocycles. The summed E-state index contributed by atoms with van der Waals surface area (Å²) in [5.41, 5.74) is 1.68. The van der Waals surface area contributed by atoms with Crippen molar-refractivity contribution in [3.05, 3.63) is 47.3 Å². The number of para-hydroxylation sites is 1. The first-order valence-corrected chi connectivity index (χ1v) is 8.44. The van der Waals surface area contributed by atoms with Gasteiger partial charge < -0.3 is 19.5 Å². The van der Waals surface area contributed by atoms with Gasteiger partial charge in [0.25, 0.3) is 0 Å². The molecule has 26 heavy (non-hydrogen) atoms. The minimum atomic E-state index is -0.478. The number of rotatable bonds is 4. The molecule has 138 valence electrons. The molecule has 8 nitrogen and oxygen atoms in total. The van der Waals surface area contributed by atoms with Crippen LogP contribution in [0.25, 0.3) is 0 Å². The van der Waals surface area contributed by atoms with Crippen molar-refractivity contribution in [3.8, 4) is 0 Å². The summed E-state index contributed by atoms with van der Waals surface area (Å²) in [7, 11) is 1.32. The molecule has 8 heteroatoms. The molecule has 0 unspecified atom stereocenters. The highest BCUT2D eigenvalue weighted by atomic mass is 16.5. The Balaban J connectivity index is 1.55. The predicted octanol–water partition coefficient (Wildman–Crippen LogP) is 2.12. The maximum atomic E-state index is 12.5. The number of carbonyl (C=O) groups excluding carboxylic acids is 2. The maximum Gasteiger partial charge on any atom is 0.339 e. The van der Waals surface area contributed by atoms with Crippen molar-refractivity contribution in [1.29, 1.82) is 0 Å². The second kappa shape index (κ2) is 8.01. The first-order chi connectivity index (χ1) is 12.6. The van der Waals surface area contributed by atoms with Gasteiger partial charge in [0, 0.05) is 38.8 Å². The number of hydrogen-bond donors (Lipinski definition) is 1. The third-order valence-corrected chi connectivity index (χ3v) is 4.30. The molecule has 1 saturated heterocycles. The molecule has 0 atom stereocenters. The molecule has 1 aliphatic rings. The second-order valence-corrected chi connectivity index (χ2v) is 6.16. The van der Waals surface area contributed by atoms with Crippen LogP contribution in [0.2, 0.25) is 0 Å². The average molecular weight is 358 g/mol. The van der Waals surface area contributed by atoms with Crippen molar-refractivity contribution in [2.45, 2.75) is 13.5 Å². The van der Waals surface area contributed by atoms with Crippen molar-refractivity contribution in [3.63, 3.8) is 0 Å². The van der Waals surface area contributed by atoms with E-state index < -0.39 is 5.97 Å². The summed E-state index contributed by atoms with van der Waals surface area (Å²) in [6.45, 7) is 5.27. The molecule has 0 radical (unpaired) electrons. The molecule has 1 aromatic carbocycles. The van der Waals surface area contributed by atoms with Crippen molar-refractivity contribution in [2.24, 2.45) is 0 Å². The van der Waals surface area contributed by atoms with Gasteiger partial charge in [-0.2, -0.15) is 0 Å². The molecule has 1 N–H and O–H groups in total. The highest BCUT2D eigenvalue weighted by molar-refractivity contribution is 6.00. The number of anilines is 1. The van der Waals surface area contributed by atoms with Gasteiger partial charge in [0.15, 0.2) is 0 Å². The zero-order valence-corrected chi connectivity index (χ0v) is 14.9. The number of nitrogens with zero attached hydrogens (tertiary/aromatic N) is 3. The van der Waals surface area contributed by atoms with Gasteiger partial charge in [0.05, 0.1) is 24.1 Å². The van der Waals surface area contributed by atoms with Crippen LogP contribution in [0.4, 0.5) is 10.5 Å². The lowest BCUT2D eigenvalue weighted by Crippen LogP contribution is -2.49. The summed E-state index contributed by atoms with van der Waals surface area (Å²) < 4.78 is 9.83. The number of esters is 1. The largest absolute Gasteiger partial charge is 0.465 e. The lowest BCUT2D eigenvalue weighted by atomic mass is 10.2. The number of urea groups is 1. The lowest BCUT2D eigenvalue weighted by molar-refractivity contribution is 0.0602. The number of aromatic nitrogens is 1. The van der Waals surface area contributed by atoms with E-state index in [1.165, 1.54) is 7.11 Å². The van der Waals surface area contributed by atoms with Gasteiger partial charge in [-0.1, -0.05) is 17.3 Å². The second-order valence-electron chi connectivity index (χ2n) is 6.16. The molecule has 0 aliphatic carbocycles. The van der Waals surface area contributed by atoms with Gasteiger partial charge in [-0.15, -0.1) is 0 Å². The van der Waals surface area contributed by atoms with E-state index in [0.29, 0.717) is 30.9 Å². The van der Waals surface area contributed by atoms with E-state index in [2.05, 4.69) is 15.4 Å². The Morgan fingerprint density at radius 3 is 2.62 bits per heavy atom. The third-order valence-electron chi connectivity index (χ3n) is 4.30. The van der Waals surface area contributed by atoms with Crippen LogP contribution in [0, 0.1) is 6.92 Å². The molecule has 0 spiro atoms. The molecule has 2 amide bonds. The van der Waals surface area contributed by atoms with Crippen LogP contribution in [-0.4, -0.2) is 60.2 Å². The molecule has 2 aromatic rings. The Morgan fingerprint density at radius 2 is 1.96 bits per heavy atom. The van der Waals surface area contributed by atoms with E-state index in [4.69, 9.17) is 9.26 Å². The van der Waals surface area contributed by atoms with Gasteiger partial charge in [-0.05, 0) is 19.1 Å². The predicted molar refractivity (Wildman–Crippen MR) is 94.9 cm³/mol. The summed E-state index contributed by atoms with van der Waals surface area (Å²) in [5, 5.41) is 6.80. The monoisotopic (exact) mass is 358 g/mol.